The summed E-state index contributed by atoms with van der Waals surface area (Å²) < 4.78 is 68.7. The number of aromatic amines is 1. The van der Waals surface area contributed by atoms with Crippen LogP contribution in [0, 0.1) is 0 Å². The number of H-pyrrole nitrogens is 1. The van der Waals surface area contributed by atoms with E-state index >= 15 is 0 Å². The first-order valence-corrected chi connectivity index (χ1v) is 12.0. The van der Waals surface area contributed by atoms with Crippen molar-refractivity contribution in [1.82, 2.24) is 20.4 Å². The summed E-state index contributed by atoms with van der Waals surface area (Å²) in [6.45, 7) is 3.23. The van der Waals surface area contributed by atoms with Gasteiger partial charge < -0.3 is 25.6 Å². The Kier molecular flexibility index (Phi) is 12.1. The van der Waals surface area contributed by atoms with Gasteiger partial charge in [-0.05, 0) is 11.6 Å². The molecule has 0 bridgehead atoms. The van der Waals surface area contributed by atoms with E-state index in [9.17, 15) is 31.1 Å². The number of hydrogen-bond donors (Lipinski definition) is 5. The number of hydrogen-bond acceptors (Lipinski definition) is 6. The third-order valence-electron chi connectivity index (χ3n) is 5.76. The summed E-state index contributed by atoms with van der Waals surface area (Å²) in [5, 5.41) is 28.3. The molecule has 0 unspecified atom stereocenters. The number of carboxylic acids is 2. The highest BCUT2D eigenvalue weighted by atomic mass is 19.4. The second kappa shape index (κ2) is 15.0. The van der Waals surface area contributed by atoms with Crippen molar-refractivity contribution in [2.24, 2.45) is 0 Å². The highest BCUT2D eigenvalue weighted by Gasteiger charge is 2.39. The summed E-state index contributed by atoms with van der Waals surface area (Å²) >= 11 is 0. The highest BCUT2D eigenvalue weighted by molar-refractivity contribution is 5.99. The molecule has 1 aliphatic rings. The molecule has 2 amide bonds. The number of nitrogens with one attached hydrogen (secondary N) is 3. The molecule has 1 aliphatic heterocycles. The molecule has 2 atom stereocenters. The smallest absolute Gasteiger partial charge is 0.475 e. The van der Waals surface area contributed by atoms with Gasteiger partial charge in [0.05, 0.1) is 30.0 Å². The standard InChI is InChI=1S/C21H25N5O2.2C2HF3O2/c1-28-11-10-26-13-17(15-6-3-2-4-7-15)19(14-26)24-21(27)23-18-9-5-8-16-12-22-25-20(16)18;2*3-2(4,5)1(6)7/h2-9,12,17,19H,10-11,13-14H2,1H3,(H,22,25)(H2,23,24,27);2*(H,6,7)/t17-,19+;;/m1../s1. The molecule has 1 fully saturated rings. The zero-order valence-corrected chi connectivity index (χ0v) is 21.9. The van der Waals surface area contributed by atoms with Crippen LogP contribution in [0.4, 0.5) is 36.8 Å². The lowest BCUT2D eigenvalue weighted by Crippen LogP contribution is -2.42. The second-order valence-electron chi connectivity index (χ2n) is 8.72. The van der Waals surface area contributed by atoms with Gasteiger partial charge in [0.1, 0.15) is 0 Å². The molecule has 11 nitrogen and oxygen atoms in total. The van der Waals surface area contributed by atoms with Gasteiger partial charge in [0, 0.05) is 38.0 Å². The lowest BCUT2D eigenvalue weighted by atomic mass is 9.94. The molecule has 230 valence electrons. The van der Waals surface area contributed by atoms with Crippen molar-refractivity contribution in [2.45, 2.75) is 24.3 Å². The molecule has 17 heteroatoms. The molecular weight excluding hydrogens is 580 g/mol. The van der Waals surface area contributed by atoms with Crippen LogP contribution in [0.15, 0.2) is 54.7 Å². The molecule has 5 N–H and O–H groups in total. The SMILES string of the molecule is COCCN1C[C@H](NC(=O)Nc2cccc3cn[nH]c23)[C@@H](c2ccccc2)C1.O=C(O)C(F)(F)F.O=C(O)C(F)(F)F. The van der Waals surface area contributed by atoms with Gasteiger partial charge in [-0.2, -0.15) is 31.4 Å². The molecule has 3 aromatic rings. The summed E-state index contributed by atoms with van der Waals surface area (Å²) in [6.07, 6.45) is -8.42. The van der Waals surface area contributed by atoms with E-state index in [1.165, 1.54) is 5.56 Å². The molecule has 1 saturated heterocycles. The quantitative estimate of drug-likeness (QED) is 0.263. The number of likely N-dealkylation sites (tertiary alicyclic amines) is 1. The van der Waals surface area contributed by atoms with Gasteiger partial charge in [-0.25, -0.2) is 14.4 Å². The van der Waals surface area contributed by atoms with Crippen molar-refractivity contribution in [3.05, 3.63) is 60.3 Å². The third-order valence-corrected chi connectivity index (χ3v) is 5.76. The Hall–Kier alpha value is -4.38. The monoisotopic (exact) mass is 607 g/mol. The third kappa shape index (κ3) is 10.5. The van der Waals surface area contributed by atoms with Crippen LogP contribution in [0.25, 0.3) is 10.9 Å². The topological polar surface area (TPSA) is 157 Å². The first-order chi connectivity index (χ1) is 19.6. The maximum atomic E-state index is 12.7. The Morgan fingerprint density at radius 3 is 2.12 bits per heavy atom. The van der Waals surface area contributed by atoms with Gasteiger partial charge in [-0.1, -0.05) is 42.5 Å². The average molecular weight is 608 g/mol. The molecule has 2 heterocycles. The number of amides is 2. The summed E-state index contributed by atoms with van der Waals surface area (Å²) in [5.41, 5.74) is 2.78. The van der Waals surface area contributed by atoms with Crippen molar-refractivity contribution < 1.29 is 55.7 Å². The molecule has 2 aromatic carbocycles. The molecule has 0 radical (unpaired) electrons. The van der Waals surface area contributed by atoms with Crippen LogP contribution >= 0.6 is 0 Å². The van der Waals surface area contributed by atoms with E-state index in [0.29, 0.717) is 6.61 Å². The maximum Gasteiger partial charge on any atom is 0.490 e. The number of aliphatic carboxylic acids is 2. The Morgan fingerprint density at radius 1 is 0.976 bits per heavy atom. The van der Waals surface area contributed by atoms with Crippen LogP contribution in [-0.4, -0.2) is 95.0 Å². The van der Waals surface area contributed by atoms with Crippen molar-refractivity contribution in [3.63, 3.8) is 0 Å². The number of ether oxygens (including phenoxy) is 1. The van der Waals surface area contributed by atoms with Gasteiger partial charge in [-0.3, -0.25) is 10.00 Å². The molecule has 0 aliphatic carbocycles. The fourth-order valence-corrected chi connectivity index (χ4v) is 3.87. The summed E-state index contributed by atoms with van der Waals surface area (Å²) in [6, 6.07) is 15.9. The number of urea groups is 1. The summed E-state index contributed by atoms with van der Waals surface area (Å²) in [7, 11) is 1.71. The minimum absolute atomic E-state index is 0.0280. The maximum absolute atomic E-state index is 12.7. The Morgan fingerprint density at radius 2 is 1.57 bits per heavy atom. The first-order valence-electron chi connectivity index (χ1n) is 12.0. The van der Waals surface area contributed by atoms with E-state index in [2.05, 4.69) is 37.9 Å². The fraction of sp³-hybridized carbons (Fsp3) is 0.360. The number of halogens is 6. The number of methoxy groups -OCH3 is 1. The minimum atomic E-state index is -5.08. The van der Waals surface area contributed by atoms with Crippen LogP contribution in [-0.2, 0) is 14.3 Å². The average Bonchev–Trinajstić information content (AvgIpc) is 3.55. The normalized spacial score (nSPS) is 16.9. The highest BCUT2D eigenvalue weighted by Crippen LogP contribution is 2.28. The first kappa shape index (κ1) is 33.8. The number of carboxylic acid groups (broad SMARTS) is 2. The van der Waals surface area contributed by atoms with E-state index < -0.39 is 24.3 Å². The zero-order chi connectivity index (χ0) is 31.5. The number of fused-ring (bicyclic) bond motifs is 1. The van der Waals surface area contributed by atoms with Crippen LogP contribution in [0.2, 0.25) is 0 Å². The Labute approximate surface area is 234 Å². The van der Waals surface area contributed by atoms with Crippen molar-refractivity contribution in [1.29, 1.82) is 0 Å². The van der Waals surface area contributed by atoms with Crippen molar-refractivity contribution >= 4 is 34.6 Å². The van der Waals surface area contributed by atoms with Gasteiger partial charge in [0.15, 0.2) is 0 Å². The van der Waals surface area contributed by atoms with Gasteiger partial charge >= 0.3 is 30.3 Å². The Balaban J connectivity index is 0.000000367. The largest absolute Gasteiger partial charge is 0.490 e. The van der Waals surface area contributed by atoms with E-state index in [4.69, 9.17) is 24.5 Å². The summed E-state index contributed by atoms with van der Waals surface area (Å²) in [4.78, 5) is 32.9. The number of rotatable bonds is 6. The van der Waals surface area contributed by atoms with Crippen molar-refractivity contribution in [3.8, 4) is 0 Å². The summed E-state index contributed by atoms with van der Waals surface area (Å²) in [5.74, 6) is -5.27. The van der Waals surface area contributed by atoms with Crippen LogP contribution in [0.1, 0.15) is 11.5 Å². The molecule has 4 rings (SSSR count). The number of nitrogens with zero attached hydrogens (tertiary/aromatic N) is 2. The van der Waals surface area contributed by atoms with Crippen molar-refractivity contribution in [2.75, 3.05) is 38.7 Å². The number of aromatic nitrogens is 2. The number of carbonyl (C=O) groups is 3. The van der Waals surface area contributed by atoms with E-state index in [1.807, 2.05) is 36.4 Å². The number of para-hydroxylation sites is 1. The molecule has 1 aromatic heterocycles. The lowest BCUT2D eigenvalue weighted by molar-refractivity contribution is -0.193. The fourth-order valence-electron chi connectivity index (χ4n) is 3.87. The number of benzene rings is 2. The molecule has 0 spiro atoms. The van der Waals surface area contributed by atoms with Crippen LogP contribution in [0.3, 0.4) is 0 Å². The van der Waals surface area contributed by atoms with Gasteiger partial charge in [0.25, 0.3) is 0 Å². The van der Waals surface area contributed by atoms with Crippen LogP contribution in [0.5, 0.6) is 0 Å². The lowest BCUT2D eigenvalue weighted by Gasteiger charge is -2.20. The zero-order valence-electron chi connectivity index (χ0n) is 21.9. The number of alkyl halides is 6. The Bertz CT molecular complexity index is 1290. The number of anilines is 1. The van der Waals surface area contributed by atoms with E-state index in [0.717, 1.165) is 36.2 Å². The van der Waals surface area contributed by atoms with Crippen LogP contribution < -0.4 is 10.6 Å². The van der Waals surface area contributed by atoms with E-state index in [-0.39, 0.29) is 18.0 Å². The molecule has 0 saturated carbocycles. The van der Waals surface area contributed by atoms with Gasteiger partial charge in [0.2, 0.25) is 0 Å². The van der Waals surface area contributed by atoms with E-state index in [1.54, 1.807) is 13.3 Å². The minimum Gasteiger partial charge on any atom is -0.475 e. The second-order valence-corrected chi connectivity index (χ2v) is 8.72. The van der Waals surface area contributed by atoms with Gasteiger partial charge in [-0.15, -0.1) is 0 Å². The number of carbonyl (C=O) groups excluding carboxylic acids is 1. The molecular formula is C25H27F6N5O6. The predicted molar refractivity (Wildman–Crippen MR) is 137 cm³/mol. The predicted octanol–water partition coefficient (Wildman–Crippen LogP) is 4.07. The molecule has 42 heavy (non-hydrogen) atoms.